The van der Waals surface area contributed by atoms with E-state index in [1.54, 1.807) is 13.0 Å². The van der Waals surface area contributed by atoms with Gasteiger partial charge in [0, 0.05) is 24.7 Å². The summed E-state index contributed by atoms with van der Waals surface area (Å²) in [6.45, 7) is 5.32. The van der Waals surface area contributed by atoms with Gasteiger partial charge in [-0.3, -0.25) is 9.69 Å². The normalized spacial score (nSPS) is 14.3. The Morgan fingerprint density at radius 3 is 2.40 bits per heavy atom. The third-order valence-corrected chi connectivity index (χ3v) is 7.42. The minimum absolute atomic E-state index is 0.00643. The molecule has 1 saturated heterocycles. The molecule has 12 heteroatoms. The standard InChI is InChI=1S/C30H24Cl2F3NO6/c1-16-3-5-19(13-17(16)2)40-27-25(37)21-7-8-24(41-29(38)20-6-4-18(31)14-23(20)32)22(15-36-9-11-39-12-10-36)26(21)42-28(27)30(33,34)35/h3-8,13-14H,9-12,15H2,1-2H3. The molecule has 3 aromatic carbocycles. The summed E-state index contributed by atoms with van der Waals surface area (Å²) < 4.78 is 65.0. The van der Waals surface area contributed by atoms with Crippen LogP contribution in [0.1, 0.15) is 32.8 Å². The van der Waals surface area contributed by atoms with Crippen molar-refractivity contribution in [2.24, 2.45) is 0 Å². The van der Waals surface area contributed by atoms with E-state index in [9.17, 15) is 22.8 Å². The first kappa shape index (κ1) is 29.9. The number of hydrogen-bond acceptors (Lipinski definition) is 7. The van der Waals surface area contributed by atoms with Crippen LogP contribution in [0.2, 0.25) is 10.0 Å². The predicted molar refractivity (Wildman–Crippen MR) is 151 cm³/mol. The van der Waals surface area contributed by atoms with Crippen LogP contribution in [0.5, 0.6) is 17.2 Å². The van der Waals surface area contributed by atoms with E-state index in [1.807, 2.05) is 11.8 Å². The van der Waals surface area contributed by atoms with E-state index in [-0.39, 0.29) is 45.2 Å². The fourth-order valence-corrected chi connectivity index (χ4v) is 4.98. The number of aryl methyl sites for hydroxylation is 2. The summed E-state index contributed by atoms with van der Waals surface area (Å²) in [7, 11) is 0. The fourth-order valence-electron chi connectivity index (χ4n) is 4.49. The molecule has 0 unspecified atom stereocenters. The molecule has 0 radical (unpaired) electrons. The average Bonchev–Trinajstić information content (AvgIpc) is 2.93. The first-order valence-electron chi connectivity index (χ1n) is 12.8. The molecule has 0 bridgehead atoms. The highest BCUT2D eigenvalue weighted by molar-refractivity contribution is 6.36. The van der Waals surface area contributed by atoms with Crippen LogP contribution in [-0.2, 0) is 17.5 Å². The van der Waals surface area contributed by atoms with Crippen molar-refractivity contribution in [2.75, 3.05) is 26.3 Å². The smallest absolute Gasteiger partial charge is 0.449 e. The SMILES string of the molecule is Cc1ccc(Oc2c(C(F)(F)F)oc3c(CN4CCOCC4)c(OC(=O)c4ccc(Cl)cc4Cl)ccc3c2=O)cc1C. The second kappa shape index (κ2) is 12.0. The molecule has 1 aromatic heterocycles. The van der Waals surface area contributed by atoms with Gasteiger partial charge in [-0.05, 0) is 67.4 Å². The Morgan fingerprint density at radius 1 is 1.00 bits per heavy atom. The number of fused-ring (bicyclic) bond motifs is 1. The zero-order valence-electron chi connectivity index (χ0n) is 22.4. The molecular formula is C30H24Cl2F3NO6. The maximum Gasteiger partial charge on any atom is 0.453 e. The number of esters is 1. The van der Waals surface area contributed by atoms with Crippen molar-refractivity contribution < 1.29 is 36.6 Å². The number of benzene rings is 3. The third-order valence-electron chi connectivity index (χ3n) is 6.87. The molecule has 0 N–H and O–H groups in total. The van der Waals surface area contributed by atoms with Crippen molar-refractivity contribution in [3.8, 4) is 17.2 Å². The molecule has 0 amide bonds. The summed E-state index contributed by atoms with van der Waals surface area (Å²) in [6, 6.07) is 11.4. The molecule has 2 heterocycles. The summed E-state index contributed by atoms with van der Waals surface area (Å²) in [5, 5.41) is 0.159. The van der Waals surface area contributed by atoms with E-state index in [4.69, 9.17) is 41.8 Å². The van der Waals surface area contributed by atoms with Crippen LogP contribution in [0.25, 0.3) is 11.0 Å². The Hall–Kier alpha value is -3.57. The van der Waals surface area contributed by atoms with Crippen LogP contribution >= 0.6 is 23.2 Å². The van der Waals surface area contributed by atoms with Gasteiger partial charge in [-0.25, -0.2) is 4.79 Å². The topological polar surface area (TPSA) is 78.2 Å². The average molecular weight is 622 g/mol. The summed E-state index contributed by atoms with van der Waals surface area (Å²) in [5.74, 6) is -3.51. The lowest BCUT2D eigenvalue weighted by Gasteiger charge is -2.27. The Labute approximate surface area is 248 Å². The monoisotopic (exact) mass is 621 g/mol. The van der Waals surface area contributed by atoms with Gasteiger partial charge in [0.25, 0.3) is 5.76 Å². The van der Waals surface area contributed by atoms with Crippen LogP contribution in [0.4, 0.5) is 13.2 Å². The van der Waals surface area contributed by atoms with Crippen LogP contribution in [-0.4, -0.2) is 37.2 Å². The van der Waals surface area contributed by atoms with Gasteiger partial charge in [0.05, 0.1) is 34.7 Å². The van der Waals surface area contributed by atoms with E-state index in [1.165, 1.54) is 42.5 Å². The number of alkyl halides is 3. The van der Waals surface area contributed by atoms with Gasteiger partial charge in [-0.1, -0.05) is 29.3 Å². The minimum Gasteiger partial charge on any atom is -0.449 e. The molecule has 1 fully saturated rings. The van der Waals surface area contributed by atoms with Gasteiger partial charge in [0.2, 0.25) is 11.2 Å². The van der Waals surface area contributed by atoms with Crippen LogP contribution < -0.4 is 14.9 Å². The Morgan fingerprint density at radius 2 is 1.74 bits per heavy atom. The van der Waals surface area contributed by atoms with E-state index >= 15 is 0 Å². The second-order valence-corrected chi connectivity index (χ2v) is 10.6. The third kappa shape index (κ3) is 6.27. The lowest BCUT2D eigenvalue weighted by molar-refractivity contribution is -0.154. The summed E-state index contributed by atoms with van der Waals surface area (Å²) in [6.07, 6.45) is -5.08. The van der Waals surface area contributed by atoms with Crippen molar-refractivity contribution in [3.05, 3.63) is 96.8 Å². The molecule has 0 saturated carbocycles. The summed E-state index contributed by atoms with van der Waals surface area (Å²) in [4.78, 5) is 28.5. The number of halogens is 5. The largest absolute Gasteiger partial charge is 0.453 e. The second-order valence-electron chi connectivity index (χ2n) is 9.76. The number of ether oxygens (including phenoxy) is 3. The Balaban J connectivity index is 1.66. The maximum absolute atomic E-state index is 14.4. The first-order valence-corrected chi connectivity index (χ1v) is 13.6. The van der Waals surface area contributed by atoms with Gasteiger partial charge in [0.15, 0.2) is 0 Å². The Bertz CT molecular complexity index is 1730. The van der Waals surface area contributed by atoms with Crippen molar-refractivity contribution in [2.45, 2.75) is 26.6 Å². The quantitative estimate of drug-likeness (QED) is 0.162. The molecule has 220 valence electrons. The predicted octanol–water partition coefficient (Wildman–Crippen LogP) is 7.58. The number of nitrogens with zero attached hydrogens (tertiary/aromatic N) is 1. The Kier molecular flexibility index (Phi) is 8.52. The molecule has 1 aliphatic heterocycles. The number of carbonyl (C=O) groups is 1. The zero-order valence-corrected chi connectivity index (χ0v) is 24.0. The van der Waals surface area contributed by atoms with Crippen LogP contribution in [0.15, 0.2) is 57.7 Å². The maximum atomic E-state index is 14.4. The molecule has 42 heavy (non-hydrogen) atoms. The van der Waals surface area contributed by atoms with Gasteiger partial charge < -0.3 is 18.6 Å². The highest BCUT2D eigenvalue weighted by Crippen LogP contribution is 2.40. The molecule has 4 aromatic rings. The van der Waals surface area contributed by atoms with E-state index in [0.29, 0.717) is 31.3 Å². The molecule has 1 aliphatic rings. The van der Waals surface area contributed by atoms with Gasteiger partial charge in [0.1, 0.15) is 17.1 Å². The van der Waals surface area contributed by atoms with Gasteiger partial charge >= 0.3 is 12.1 Å². The zero-order chi connectivity index (χ0) is 30.2. The number of hydrogen-bond donors (Lipinski definition) is 0. The minimum atomic E-state index is -5.08. The van der Waals surface area contributed by atoms with E-state index in [2.05, 4.69) is 0 Å². The molecule has 0 atom stereocenters. The van der Waals surface area contributed by atoms with Gasteiger partial charge in [-0.2, -0.15) is 13.2 Å². The van der Waals surface area contributed by atoms with Crippen molar-refractivity contribution in [1.82, 2.24) is 4.90 Å². The number of rotatable bonds is 6. The highest BCUT2D eigenvalue weighted by atomic mass is 35.5. The van der Waals surface area contributed by atoms with Crippen molar-refractivity contribution >= 4 is 40.1 Å². The molecular weight excluding hydrogens is 598 g/mol. The highest BCUT2D eigenvalue weighted by Gasteiger charge is 2.41. The van der Waals surface area contributed by atoms with Gasteiger partial charge in [-0.15, -0.1) is 0 Å². The van der Waals surface area contributed by atoms with Crippen LogP contribution in [0, 0.1) is 13.8 Å². The lowest BCUT2D eigenvalue weighted by Crippen LogP contribution is -2.36. The lowest BCUT2D eigenvalue weighted by atomic mass is 10.1. The van der Waals surface area contributed by atoms with Crippen LogP contribution in [0.3, 0.4) is 0 Å². The molecule has 0 spiro atoms. The molecule has 0 aliphatic carbocycles. The first-order chi connectivity index (χ1) is 19.9. The van der Waals surface area contributed by atoms with Crippen molar-refractivity contribution in [3.63, 3.8) is 0 Å². The molecule has 5 rings (SSSR count). The van der Waals surface area contributed by atoms with Crippen molar-refractivity contribution in [1.29, 1.82) is 0 Å². The fraction of sp³-hybridized carbons (Fsp3) is 0.267. The van der Waals surface area contributed by atoms with E-state index < -0.39 is 29.1 Å². The molecule has 7 nitrogen and oxygen atoms in total. The number of carbonyl (C=O) groups excluding carboxylic acids is 1. The van der Waals surface area contributed by atoms with E-state index in [0.717, 1.165) is 11.1 Å². The number of morpholine rings is 1. The summed E-state index contributed by atoms with van der Waals surface area (Å²) in [5.41, 5.74) is 0.341. The summed E-state index contributed by atoms with van der Waals surface area (Å²) >= 11 is 12.1.